The second-order valence-corrected chi connectivity index (χ2v) is 6.92. The Morgan fingerprint density at radius 3 is 2.79 bits per heavy atom. The van der Waals surface area contributed by atoms with Crippen molar-refractivity contribution in [3.05, 3.63) is 58.3 Å². The van der Waals surface area contributed by atoms with E-state index < -0.39 is 0 Å². The van der Waals surface area contributed by atoms with E-state index in [1.54, 1.807) is 6.20 Å². The number of nitrogens with one attached hydrogen (secondary N) is 2. The number of aliphatic hydroxyl groups excluding tert-OH is 1. The molecule has 0 fully saturated rings. The lowest BCUT2D eigenvalue weighted by molar-refractivity contribution is 0.265. The fourth-order valence-corrected chi connectivity index (χ4v) is 3.26. The maximum Gasteiger partial charge on any atom is 0.354 e. The monoisotopic (exact) mass is 397 g/mol. The van der Waals surface area contributed by atoms with E-state index in [-0.39, 0.29) is 24.3 Å². The second kappa shape index (κ2) is 9.35. The van der Waals surface area contributed by atoms with Gasteiger partial charge in [-0.3, -0.25) is 9.56 Å². The van der Waals surface area contributed by atoms with Gasteiger partial charge in [0.05, 0.1) is 5.69 Å². The number of fused-ring (bicyclic) bond motifs is 1. The molecule has 0 spiro atoms. The quantitative estimate of drug-likeness (QED) is 0.204. The molecule has 0 aliphatic heterocycles. The summed E-state index contributed by atoms with van der Waals surface area (Å²) in [6.45, 7) is 3.27. The van der Waals surface area contributed by atoms with E-state index in [1.165, 1.54) is 4.57 Å². The summed E-state index contributed by atoms with van der Waals surface area (Å²) in [5, 5.41) is 13.7. The standard InChI is InChI=1S/C20H27N7O2/c1-13-11-15-12-27(20(29)26-18(15)25-13)16-5-3-14(4-6-16)17(7-10-28)23-8-2-9-24-19(21)22/h3-6,11-12,17,23,28H,2,7-10H2,1H3,(H4,21,22,24)(H,25,26,29)/t17-/m1/s1. The summed E-state index contributed by atoms with van der Waals surface area (Å²) in [6.07, 6.45) is 3.16. The summed E-state index contributed by atoms with van der Waals surface area (Å²) >= 11 is 0. The van der Waals surface area contributed by atoms with Crippen molar-refractivity contribution in [1.82, 2.24) is 19.9 Å². The molecular weight excluding hydrogens is 370 g/mol. The molecule has 1 atom stereocenters. The first-order chi connectivity index (χ1) is 14.0. The normalized spacial score (nSPS) is 12.2. The van der Waals surface area contributed by atoms with Crippen molar-refractivity contribution in [2.24, 2.45) is 16.5 Å². The minimum Gasteiger partial charge on any atom is -0.396 e. The molecule has 0 saturated carbocycles. The van der Waals surface area contributed by atoms with E-state index >= 15 is 0 Å². The number of aromatic amines is 1. The lowest BCUT2D eigenvalue weighted by atomic mass is 10.0. The minimum atomic E-state index is -0.336. The first kappa shape index (κ1) is 20.6. The number of aryl methyl sites for hydroxylation is 1. The van der Waals surface area contributed by atoms with E-state index in [4.69, 9.17) is 11.5 Å². The van der Waals surface area contributed by atoms with Gasteiger partial charge in [0.25, 0.3) is 0 Å². The van der Waals surface area contributed by atoms with Crippen molar-refractivity contribution in [2.75, 3.05) is 19.7 Å². The highest BCUT2D eigenvalue weighted by Gasteiger charge is 2.11. The maximum absolute atomic E-state index is 12.4. The van der Waals surface area contributed by atoms with Crippen LogP contribution in [0.2, 0.25) is 0 Å². The molecule has 9 nitrogen and oxygen atoms in total. The van der Waals surface area contributed by atoms with Gasteiger partial charge in [-0.2, -0.15) is 4.98 Å². The number of nitrogens with two attached hydrogens (primary N) is 2. The van der Waals surface area contributed by atoms with Gasteiger partial charge in [-0.05, 0) is 50.1 Å². The maximum atomic E-state index is 12.4. The van der Waals surface area contributed by atoms with Gasteiger partial charge in [0.2, 0.25) is 0 Å². The van der Waals surface area contributed by atoms with Gasteiger partial charge in [0.1, 0.15) is 5.65 Å². The Hall–Kier alpha value is -3.17. The topological polar surface area (TPSA) is 147 Å². The number of hydrogen-bond donors (Lipinski definition) is 5. The third-order valence-corrected chi connectivity index (χ3v) is 4.65. The van der Waals surface area contributed by atoms with Crippen LogP contribution in [0.15, 0.2) is 46.3 Å². The Balaban J connectivity index is 1.74. The molecule has 3 rings (SSSR count). The fraction of sp³-hybridized carbons (Fsp3) is 0.350. The highest BCUT2D eigenvalue weighted by atomic mass is 16.3. The zero-order chi connectivity index (χ0) is 20.8. The molecule has 3 aromatic rings. The summed E-state index contributed by atoms with van der Waals surface area (Å²) in [5.41, 5.74) is 13.6. The molecule has 0 saturated heterocycles. The lowest BCUT2D eigenvalue weighted by Crippen LogP contribution is -2.26. The van der Waals surface area contributed by atoms with Crippen LogP contribution in [0.25, 0.3) is 16.7 Å². The van der Waals surface area contributed by atoms with Gasteiger partial charge in [-0.1, -0.05) is 12.1 Å². The molecule has 0 aliphatic rings. The number of benzene rings is 1. The van der Waals surface area contributed by atoms with Crippen molar-refractivity contribution in [3.8, 4) is 5.69 Å². The molecule has 1 aromatic carbocycles. The van der Waals surface area contributed by atoms with Crippen LogP contribution in [0, 0.1) is 6.92 Å². The summed E-state index contributed by atoms with van der Waals surface area (Å²) in [6, 6.07) is 9.63. The molecule has 0 unspecified atom stereocenters. The van der Waals surface area contributed by atoms with Crippen molar-refractivity contribution in [3.63, 3.8) is 0 Å². The van der Waals surface area contributed by atoms with E-state index in [1.807, 2.05) is 37.3 Å². The van der Waals surface area contributed by atoms with Crippen molar-refractivity contribution in [2.45, 2.75) is 25.8 Å². The Morgan fingerprint density at radius 1 is 1.34 bits per heavy atom. The number of rotatable bonds is 9. The summed E-state index contributed by atoms with van der Waals surface area (Å²) in [5.74, 6) is 0.0882. The first-order valence-corrected chi connectivity index (χ1v) is 9.57. The largest absolute Gasteiger partial charge is 0.396 e. The molecule has 2 heterocycles. The number of H-pyrrole nitrogens is 1. The number of hydrogen-bond acceptors (Lipinski definition) is 5. The van der Waals surface area contributed by atoms with Crippen molar-refractivity contribution in [1.29, 1.82) is 0 Å². The summed E-state index contributed by atoms with van der Waals surface area (Å²) in [4.78, 5) is 23.5. The molecule has 0 radical (unpaired) electrons. The lowest BCUT2D eigenvalue weighted by Gasteiger charge is -2.18. The number of aliphatic hydroxyl groups is 1. The van der Waals surface area contributed by atoms with E-state index in [9.17, 15) is 9.90 Å². The smallest absolute Gasteiger partial charge is 0.354 e. The Kier molecular flexibility index (Phi) is 6.63. The van der Waals surface area contributed by atoms with E-state index in [0.29, 0.717) is 18.6 Å². The molecule has 2 aromatic heterocycles. The van der Waals surface area contributed by atoms with Crippen LogP contribution in [0.5, 0.6) is 0 Å². The number of aromatic nitrogens is 3. The van der Waals surface area contributed by atoms with Crippen LogP contribution in [-0.2, 0) is 0 Å². The van der Waals surface area contributed by atoms with Crippen molar-refractivity contribution < 1.29 is 5.11 Å². The van der Waals surface area contributed by atoms with Gasteiger partial charge >= 0.3 is 5.69 Å². The van der Waals surface area contributed by atoms with Gasteiger partial charge in [-0.15, -0.1) is 0 Å². The third-order valence-electron chi connectivity index (χ3n) is 4.65. The zero-order valence-electron chi connectivity index (χ0n) is 16.4. The molecule has 9 heteroatoms. The van der Waals surface area contributed by atoms with Crippen molar-refractivity contribution >= 4 is 17.0 Å². The van der Waals surface area contributed by atoms with Crippen LogP contribution < -0.4 is 22.5 Å². The summed E-state index contributed by atoms with van der Waals surface area (Å²) < 4.78 is 1.53. The van der Waals surface area contributed by atoms with Crippen LogP contribution >= 0.6 is 0 Å². The second-order valence-electron chi connectivity index (χ2n) is 6.92. The SMILES string of the molecule is Cc1cc2cn(-c3ccc([C@@H](CCO)NCCCN=C(N)N)cc3)c(=O)nc2[nH]1. The van der Waals surface area contributed by atoms with Gasteiger partial charge < -0.3 is 26.9 Å². The fourth-order valence-electron chi connectivity index (χ4n) is 3.26. The number of nitrogens with zero attached hydrogens (tertiary/aromatic N) is 3. The number of aliphatic imine (C=N–C) groups is 1. The highest BCUT2D eigenvalue weighted by molar-refractivity contribution is 5.76. The van der Waals surface area contributed by atoms with Gasteiger partial charge in [-0.25, -0.2) is 4.79 Å². The van der Waals surface area contributed by atoms with Crippen LogP contribution in [0.4, 0.5) is 0 Å². The first-order valence-electron chi connectivity index (χ1n) is 9.57. The predicted octanol–water partition coefficient (Wildman–Crippen LogP) is 0.699. The van der Waals surface area contributed by atoms with E-state index in [2.05, 4.69) is 20.3 Å². The van der Waals surface area contributed by atoms with Gasteiger partial charge in [0, 0.05) is 36.5 Å². The molecule has 154 valence electrons. The van der Waals surface area contributed by atoms with E-state index in [0.717, 1.165) is 35.3 Å². The molecule has 0 bridgehead atoms. The molecule has 29 heavy (non-hydrogen) atoms. The minimum absolute atomic E-state index is 0.00194. The molecule has 0 aliphatic carbocycles. The molecular formula is C20H27N7O2. The average Bonchev–Trinajstić information content (AvgIpc) is 3.05. The third kappa shape index (κ3) is 5.21. The van der Waals surface area contributed by atoms with Crippen LogP contribution in [0.3, 0.4) is 0 Å². The van der Waals surface area contributed by atoms with Crippen LogP contribution in [-0.4, -0.2) is 45.3 Å². The Bertz CT molecular complexity index is 1030. The molecule has 7 N–H and O–H groups in total. The Labute approximate surface area is 168 Å². The highest BCUT2D eigenvalue weighted by Crippen LogP contribution is 2.19. The molecule has 0 amide bonds. The Morgan fingerprint density at radius 2 is 2.10 bits per heavy atom. The predicted molar refractivity (Wildman–Crippen MR) is 114 cm³/mol. The van der Waals surface area contributed by atoms with Gasteiger partial charge in [0.15, 0.2) is 5.96 Å². The average molecular weight is 397 g/mol. The van der Waals surface area contributed by atoms with Crippen LogP contribution in [0.1, 0.15) is 30.1 Å². The zero-order valence-corrected chi connectivity index (χ0v) is 16.4. The number of guanidine groups is 1. The summed E-state index contributed by atoms with van der Waals surface area (Å²) in [7, 11) is 0.